The van der Waals surface area contributed by atoms with Crippen molar-refractivity contribution in [3.8, 4) is 23.3 Å². The molecule has 0 radical (unpaired) electrons. The number of aryl methyl sites for hydroxylation is 2. The minimum absolute atomic E-state index is 0.284. The van der Waals surface area contributed by atoms with Crippen molar-refractivity contribution in [2.24, 2.45) is 0 Å². The smallest absolute Gasteiger partial charge is 0.200 e. The van der Waals surface area contributed by atoms with Crippen LogP contribution in [0, 0.1) is 11.3 Å². The summed E-state index contributed by atoms with van der Waals surface area (Å²) in [7, 11) is 0. The van der Waals surface area contributed by atoms with Crippen LogP contribution in [-0.2, 0) is 12.8 Å². The van der Waals surface area contributed by atoms with Crippen molar-refractivity contribution in [2.45, 2.75) is 12.8 Å². The summed E-state index contributed by atoms with van der Waals surface area (Å²) in [5, 5.41) is 37.0. The van der Waals surface area contributed by atoms with Gasteiger partial charge in [-0.25, -0.2) is 0 Å². The van der Waals surface area contributed by atoms with Crippen LogP contribution in [0.2, 0.25) is 0 Å². The van der Waals surface area contributed by atoms with E-state index < -0.39 is 5.75 Å². The summed E-state index contributed by atoms with van der Waals surface area (Å²) >= 11 is 0. The summed E-state index contributed by atoms with van der Waals surface area (Å²) in [6.45, 7) is 0. The normalized spacial score (nSPS) is 10.1. The number of phenols is 3. The Morgan fingerprint density at radius 1 is 0.842 bits per heavy atom. The molecule has 2 aromatic rings. The van der Waals surface area contributed by atoms with Gasteiger partial charge in [0.1, 0.15) is 0 Å². The largest absolute Gasteiger partial charge is 0.504 e. The second kappa shape index (κ2) is 5.32. The number of hydrogen-bond acceptors (Lipinski definition) is 4. The number of nitriles is 1. The Morgan fingerprint density at radius 3 is 2.16 bits per heavy atom. The van der Waals surface area contributed by atoms with Gasteiger partial charge in [0.25, 0.3) is 0 Å². The van der Waals surface area contributed by atoms with E-state index in [4.69, 9.17) is 5.26 Å². The molecule has 0 spiro atoms. The first kappa shape index (κ1) is 12.8. The van der Waals surface area contributed by atoms with E-state index >= 15 is 0 Å². The second-order valence-corrected chi connectivity index (χ2v) is 4.25. The highest BCUT2D eigenvalue weighted by molar-refractivity contribution is 5.53. The standard InChI is InChI=1S/C15H13NO3/c16-9-11-3-1-10(2-4-11)5-6-12-7-8-13(17)15(19)14(12)18/h1-4,7-8,17-19H,5-6H2. The lowest BCUT2D eigenvalue weighted by Crippen LogP contribution is -1.92. The molecule has 0 fully saturated rings. The van der Waals surface area contributed by atoms with Crippen LogP contribution in [0.1, 0.15) is 16.7 Å². The third-order valence-electron chi connectivity index (χ3n) is 2.98. The maximum Gasteiger partial charge on any atom is 0.200 e. The highest BCUT2D eigenvalue weighted by Gasteiger charge is 2.10. The second-order valence-electron chi connectivity index (χ2n) is 4.25. The van der Waals surface area contributed by atoms with Gasteiger partial charge in [-0.1, -0.05) is 18.2 Å². The molecule has 3 N–H and O–H groups in total. The summed E-state index contributed by atoms with van der Waals surface area (Å²) in [6.07, 6.45) is 1.20. The zero-order valence-electron chi connectivity index (χ0n) is 10.2. The maximum absolute atomic E-state index is 9.69. The molecule has 0 amide bonds. The molecule has 96 valence electrons. The van der Waals surface area contributed by atoms with Crippen LogP contribution >= 0.6 is 0 Å². The highest BCUT2D eigenvalue weighted by Crippen LogP contribution is 2.37. The van der Waals surface area contributed by atoms with Crippen LogP contribution < -0.4 is 0 Å². The molecule has 0 heterocycles. The van der Waals surface area contributed by atoms with Gasteiger partial charge in [0.05, 0.1) is 11.6 Å². The van der Waals surface area contributed by atoms with E-state index in [1.807, 2.05) is 18.2 Å². The summed E-state index contributed by atoms with van der Waals surface area (Å²) in [5.74, 6) is -1.11. The number of aromatic hydroxyl groups is 3. The zero-order valence-corrected chi connectivity index (χ0v) is 10.2. The first-order valence-corrected chi connectivity index (χ1v) is 5.83. The number of nitrogens with zero attached hydrogens (tertiary/aromatic N) is 1. The Balaban J connectivity index is 2.10. The molecule has 0 saturated carbocycles. The van der Waals surface area contributed by atoms with Gasteiger partial charge < -0.3 is 15.3 Å². The summed E-state index contributed by atoms with van der Waals surface area (Å²) < 4.78 is 0. The van der Waals surface area contributed by atoms with Crippen LogP contribution in [-0.4, -0.2) is 15.3 Å². The monoisotopic (exact) mass is 255 g/mol. The number of benzene rings is 2. The fraction of sp³-hybridized carbons (Fsp3) is 0.133. The third kappa shape index (κ3) is 2.78. The summed E-state index contributed by atoms with van der Waals surface area (Å²) in [4.78, 5) is 0. The van der Waals surface area contributed by atoms with Gasteiger partial charge in [0.2, 0.25) is 5.75 Å². The van der Waals surface area contributed by atoms with Gasteiger partial charge in [0.15, 0.2) is 11.5 Å². The van der Waals surface area contributed by atoms with Crippen LogP contribution in [0.15, 0.2) is 36.4 Å². The molecule has 0 aliphatic carbocycles. The quantitative estimate of drug-likeness (QED) is 0.735. The highest BCUT2D eigenvalue weighted by atomic mass is 16.3. The van der Waals surface area contributed by atoms with E-state index in [1.54, 1.807) is 18.2 Å². The van der Waals surface area contributed by atoms with Gasteiger partial charge in [-0.3, -0.25) is 0 Å². The Kier molecular flexibility index (Phi) is 3.58. The fourth-order valence-electron chi connectivity index (χ4n) is 1.84. The van der Waals surface area contributed by atoms with Crippen molar-refractivity contribution in [1.29, 1.82) is 5.26 Å². The van der Waals surface area contributed by atoms with Crippen molar-refractivity contribution < 1.29 is 15.3 Å². The maximum atomic E-state index is 9.69. The molecule has 4 nitrogen and oxygen atoms in total. The molecule has 2 aromatic carbocycles. The fourth-order valence-corrected chi connectivity index (χ4v) is 1.84. The molecule has 0 saturated heterocycles. The first-order chi connectivity index (χ1) is 9.11. The molecule has 4 heteroatoms. The molecule has 0 aliphatic rings. The van der Waals surface area contributed by atoms with Crippen LogP contribution in [0.4, 0.5) is 0 Å². The van der Waals surface area contributed by atoms with E-state index in [1.165, 1.54) is 6.07 Å². The predicted molar refractivity (Wildman–Crippen MR) is 70.0 cm³/mol. The van der Waals surface area contributed by atoms with Crippen LogP contribution in [0.25, 0.3) is 0 Å². The lowest BCUT2D eigenvalue weighted by molar-refractivity contribution is 0.365. The zero-order chi connectivity index (χ0) is 13.8. The Hall–Kier alpha value is -2.67. The lowest BCUT2D eigenvalue weighted by Gasteiger charge is -2.07. The van der Waals surface area contributed by atoms with Crippen LogP contribution in [0.3, 0.4) is 0 Å². The Labute approximate surface area is 110 Å². The number of rotatable bonds is 3. The van der Waals surface area contributed by atoms with E-state index in [9.17, 15) is 15.3 Å². The first-order valence-electron chi connectivity index (χ1n) is 5.83. The van der Waals surface area contributed by atoms with Gasteiger partial charge >= 0.3 is 0 Å². The lowest BCUT2D eigenvalue weighted by atomic mass is 10.0. The molecule has 19 heavy (non-hydrogen) atoms. The molecular formula is C15H13NO3. The van der Waals surface area contributed by atoms with E-state index in [-0.39, 0.29) is 11.5 Å². The SMILES string of the molecule is N#Cc1ccc(CCc2ccc(O)c(O)c2O)cc1. The van der Waals surface area contributed by atoms with Crippen LogP contribution in [0.5, 0.6) is 17.2 Å². The number of phenolic OH excluding ortho intramolecular Hbond substituents is 3. The molecule has 0 unspecified atom stereocenters. The topological polar surface area (TPSA) is 84.5 Å². The van der Waals surface area contributed by atoms with Gasteiger partial charge in [0, 0.05) is 0 Å². The average Bonchev–Trinajstić information content (AvgIpc) is 2.45. The van der Waals surface area contributed by atoms with E-state index in [0.29, 0.717) is 24.0 Å². The minimum Gasteiger partial charge on any atom is -0.504 e. The van der Waals surface area contributed by atoms with Crippen molar-refractivity contribution in [3.63, 3.8) is 0 Å². The average molecular weight is 255 g/mol. The molecular weight excluding hydrogens is 242 g/mol. The number of hydrogen-bond donors (Lipinski definition) is 3. The Bertz CT molecular complexity index is 627. The van der Waals surface area contributed by atoms with E-state index in [2.05, 4.69) is 0 Å². The van der Waals surface area contributed by atoms with Gasteiger partial charge in [-0.2, -0.15) is 5.26 Å². The van der Waals surface area contributed by atoms with Crippen molar-refractivity contribution in [2.75, 3.05) is 0 Å². The van der Waals surface area contributed by atoms with Crippen molar-refractivity contribution >= 4 is 0 Å². The molecule has 0 atom stereocenters. The predicted octanol–water partition coefficient (Wildman–Crippen LogP) is 2.46. The molecule has 0 aliphatic heterocycles. The summed E-state index contributed by atoms with van der Waals surface area (Å²) in [5.41, 5.74) is 2.21. The van der Waals surface area contributed by atoms with E-state index in [0.717, 1.165) is 5.56 Å². The summed E-state index contributed by atoms with van der Waals surface area (Å²) in [6, 6.07) is 12.2. The molecule has 0 bridgehead atoms. The third-order valence-corrected chi connectivity index (χ3v) is 2.98. The van der Waals surface area contributed by atoms with Gasteiger partial charge in [-0.05, 0) is 42.2 Å². The minimum atomic E-state index is -0.489. The van der Waals surface area contributed by atoms with Crippen molar-refractivity contribution in [1.82, 2.24) is 0 Å². The molecule has 2 rings (SSSR count). The Morgan fingerprint density at radius 2 is 1.53 bits per heavy atom. The van der Waals surface area contributed by atoms with Gasteiger partial charge in [-0.15, -0.1) is 0 Å². The molecule has 0 aromatic heterocycles. The van der Waals surface area contributed by atoms with Crippen molar-refractivity contribution in [3.05, 3.63) is 53.1 Å².